The fraction of sp³-hybridized carbons (Fsp3) is 0.269. The molecule has 180 valence electrons. The highest BCUT2D eigenvalue weighted by Gasteiger charge is 2.18. The van der Waals surface area contributed by atoms with E-state index in [9.17, 15) is 9.59 Å². The molecule has 0 unspecified atom stereocenters. The molecular weight excluding hydrogens is 460 g/mol. The molecule has 3 heterocycles. The summed E-state index contributed by atoms with van der Waals surface area (Å²) in [6.45, 7) is 6.51. The van der Waals surface area contributed by atoms with Gasteiger partial charge in [-0.1, -0.05) is 29.8 Å². The number of carbonyl (C=O) groups excluding carboxylic acids is 2. The lowest BCUT2D eigenvalue weighted by molar-refractivity contribution is 0.0954. The van der Waals surface area contributed by atoms with Crippen molar-refractivity contribution >= 4 is 44.9 Å². The zero-order valence-corrected chi connectivity index (χ0v) is 20.6. The van der Waals surface area contributed by atoms with E-state index in [0.717, 1.165) is 42.8 Å². The maximum atomic E-state index is 12.9. The standard InChI is InChI=1S/C26H28N6O2S/c1-17-3-5-18(6-4-17)16-27-25(34)22-15-21-23(29-30-26(21)35-22)28-24(33)19-7-9-20(10-8-19)32-13-11-31(2)12-14-32/h3-10,15H,11-14,16H2,1-2H3,(H,27,34)(H2,28,29,30,33). The number of H-pyrrole nitrogens is 1. The summed E-state index contributed by atoms with van der Waals surface area (Å²) in [6.07, 6.45) is 0. The molecule has 2 aromatic heterocycles. The number of nitrogens with zero attached hydrogens (tertiary/aromatic N) is 3. The highest BCUT2D eigenvalue weighted by Crippen LogP contribution is 2.29. The van der Waals surface area contributed by atoms with E-state index in [1.807, 2.05) is 55.5 Å². The van der Waals surface area contributed by atoms with Gasteiger partial charge in [-0.2, -0.15) is 5.10 Å². The van der Waals surface area contributed by atoms with Gasteiger partial charge in [0.25, 0.3) is 11.8 Å². The topological polar surface area (TPSA) is 93.4 Å². The second-order valence-corrected chi connectivity index (χ2v) is 9.92. The first-order valence-corrected chi connectivity index (χ1v) is 12.4. The van der Waals surface area contributed by atoms with Crippen LogP contribution in [0, 0.1) is 6.92 Å². The molecule has 2 aromatic carbocycles. The number of benzene rings is 2. The van der Waals surface area contributed by atoms with Gasteiger partial charge in [-0.25, -0.2) is 0 Å². The van der Waals surface area contributed by atoms with E-state index in [0.29, 0.717) is 27.6 Å². The van der Waals surface area contributed by atoms with Crippen LogP contribution >= 0.6 is 11.3 Å². The number of nitrogens with one attached hydrogen (secondary N) is 3. The number of aromatic amines is 1. The summed E-state index contributed by atoms with van der Waals surface area (Å²) in [4.78, 5) is 31.4. The van der Waals surface area contributed by atoms with Gasteiger partial charge in [-0.15, -0.1) is 11.3 Å². The first-order valence-electron chi connectivity index (χ1n) is 11.6. The van der Waals surface area contributed by atoms with Gasteiger partial charge in [0.05, 0.1) is 10.3 Å². The van der Waals surface area contributed by atoms with Crippen LogP contribution in [0.1, 0.15) is 31.2 Å². The van der Waals surface area contributed by atoms with Crippen LogP contribution in [0.25, 0.3) is 10.2 Å². The molecule has 1 saturated heterocycles. The SMILES string of the molecule is Cc1ccc(CNC(=O)c2cc3c(NC(=O)c4ccc(N5CCN(C)CC5)cc4)[nH]nc3s2)cc1. The molecule has 1 aliphatic heterocycles. The molecule has 9 heteroatoms. The van der Waals surface area contributed by atoms with Gasteiger partial charge in [0.2, 0.25) is 0 Å². The number of aryl methyl sites for hydroxylation is 1. The van der Waals surface area contributed by atoms with Crippen molar-refractivity contribution in [3.05, 3.63) is 76.2 Å². The number of hydrogen-bond donors (Lipinski definition) is 3. The first-order chi connectivity index (χ1) is 17.0. The number of thiophene rings is 1. The smallest absolute Gasteiger partial charge is 0.261 e. The average Bonchev–Trinajstić information content (AvgIpc) is 3.46. The van der Waals surface area contributed by atoms with Gasteiger partial charge in [-0.05, 0) is 49.9 Å². The Kier molecular flexibility index (Phi) is 6.52. The van der Waals surface area contributed by atoms with Crippen molar-refractivity contribution < 1.29 is 9.59 Å². The molecular formula is C26H28N6O2S. The van der Waals surface area contributed by atoms with E-state index in [1.54, 1.807) is 6.07 Å². The average molecular weight is 489 g/mol. The summed E-state index contributed by atoms with van der Waals surface area (Å²) >= 11 is 1.29. The van der Waals surface area contributed by atoms with E-state index in [-0.39, 0.29) is 11.8 Å². The number of aromatic nitrogens is 2. The minimum atomic E-state index is -0.225. The summed E-state index contributed by atoms with van der Waals surface area (Å²) < 4.78 is 0. The predicted molar refractivity (Wildman–Crippen MR) is 140 cm³/mol. The Bertz CT molecular complexity index is 1330. The number of anilines is 2. The van der Waals surface area contributed by atoms with Gasteiger partial charge in [0, 0.05) is 44.0 Å². The van der Waals surface area contributed by atoms with Gasteiger partial charge < -0.3 is 20.4 Å². The predicted octanol–water partition coefficient (Wildman–Crippen LogP) is 3.87. The number of hydrogen-bond acceptors (Lipinski definition) is 6. The maximum absolute atomic E-state index is 12.9. The highest BCUT2D eigenvalue weighted by atomic mass is 32.1. The van der Waals surface area contributed by atoms with Crippen LogP contribution < -0.4 is 15.5 Å². The van der Waals surface area contributed by atoms with Crippen LogP contribution in [0.4, 0.5) is 11.5 Å². The summed E-state index contributed by atoms with van der Waals surface area (Å²) in [5.41, 5.74) is 3.91. The molecule has 1 aliphatic rings. The third kappa shape index (κ3) is 5.21. The molecule has 0 bridgehead atoms. The number of likely N-dealkylation sites (N-methyl/N-ethyl adjacent to an activating group) is 1. The number of piperazine rings is 1. The van der Waals surface area contributed by atoms with Crippen molar-refractivity contribution in [3.8, 4) is 0 Å². The zero-order valence-electron chi connectivity index (χ0n) is 19.8. The number of carbonyl (C=O) groups is 2. The number of fused-ring (bicyclic) bond motifs is 1. The molecule has 2 amide bonds. The molecule has 4 aromatic rings. The summed E-state index contributed by atoms with van der Waals surface area (Å²) in [6, 6.07) is 17.5. The number of rotatable bonds is 6. The Labute approximate surface area is 207 Å². The summed E-state index contributed by atoms with van der Waals surface area (Å²) in [7, 11) is 2.13. The molecule has 0 atom stereocenters. The second kappa shape index (κ2) is 9.89. The van der Waals surface area contributed by atoms with Gasteiger partial charge in [-0.3, -0.25) is 14.7 Å². The molecule has 0 radical (unpaired) electrons. The fourth-order valence-corrected chi connectivity index (χ4v) is 4.98. The monoisotopic (exact) mass is 488 g/mol. The van der Waals surface area contributed by atoms with Crippen LogP contribution in [0.15, 0.2) is 54.6 Å². The third-order valence-electron chi connectivity index (χ3n) is 6.28. The van der Waals surface area contributed by atoms with E-state index < -0.39 is 0 Å². The lowest BCUT2D eigenvalue weighted by Crippen LogP contribution is -2.44. The molecule has 8 nitrogen and oxygen atoms in total. The quantitative estimate of drug-likeness (QED) is 0.383. The van der Waals surface area contributed by atoms with Crippen LogP contribution in [-0.2, 0) is 6.54 Å². The first kappa shape index (κ1) is 23.1. The van der Waals surface area contributed by atoms with Crippen LogP contribution in [0.3, 0.4) is 0 Å². The Morgan fingerprint density at radius 2 is 1.71 bits per heavy atom. The Morgan fingerprint density at radius 1 is 1.00 bits per heavy atom. The van der Waals surface area contributed by atoms with E-state index in [2.05, 4.69) is 37.7 Å². The van der Waals surface area contributed by atoms with Crippen molar-refractivity contribution in [2.75, 3.05) is 43.4 Å². The van der Waals surface area contributed by atoms with E-state index in [1.165, 1.54) is 16.9 Å². The number of amides is 2. The molecule has 0 spiro atoms. The zero-order chi connectivity index (χ0) is 24.4. The lowest BCUT2D eigenvalue weighted by Gasteiger charge is -2.34. The van der Waals surface area contributed by atoms with Crippen molar-refractivity contribution in [2.24, 2.45) is 0 Å². The minimum absolute atomic E-state index is 0.162. The summed E-state index contributed by atoms with van der Waals surface area (Å²) in [5.74, 6) is 0.101. The second-order valence-electron chi connectivity index (χ2n) is 8.89. The van der Waals surface area contributed by atoms with Crippen molar-refractivity contribution in [2.45, 2.75) is 13.5 Å². The van der Waals surface area contributed by atoms with Crippen molar-refractivity contribution in [1.29, 1.82) is 0 Å². The fourth-order valence-electron chi connectivity index (χ4n) is 4.07. The van der Waals surface area contributed by atoms with Gasteiger partial charge in [0.15, 0.2) is 0 Å². The largest absolute Gasteiger partial charge is 0.369 e. The molecule has 5 rings (SSSR count). The normalized spacial score (nSPS) is 14.3. The molecule has 0 aliphatic carbocycles. The Hall–Kier alpha value is -3.69. The molecule has 1 fully saturated rings. The minimum Gasteiger partial charge on any atom is -0.369 e. The Morgan fingerprint density at radius 3 is 2.43 bits per heavy atom. The van der Waals surface area contributed by atoms with Crippen LogP contribution in [-0.4, -0.2) is 60.1 Å². The van der Waals surface area contributed by atoms with Gasteiger partial charge >= 0.3 is 0 Å². The van der Waals surface area contributed by atoms with Crippen molar-refractivity contribution in [3.63, 3.8) is 0 Å². The molecule has 0 saturated carbocycles. The summed E-state index contributed by atoms with van der Waals surface area (Å²) in [5, 5.41) is 13.7. The third-order valence-corrected chi connectivity index (χ3v) is 7.31. The van der Waals surface area contributed by atoms with E-state index in [4.69, 9.17) is 0 Å². The van der Waals surface area contributed by atoms with Crippen LogP contribution in [0.5, 0.6) is 0 Å². The van der Waals surface area contributed by atoms with Gasteiger partial charge in [0.1, 0.15) is 10.6 Å². The maximum Gasteiger partial charge on any atom is 0.261 e. The van der Waals surface area contributed by atoms with Crippen molar-refractivity contribution in [1.82, 2.24) is 20.4 Å². The lowest BCUT2D eigenvalue weighted by atomic mass is 10.1. The highest BCUT2D eigenvalue weighted by molar-refractivity contribution is 7.20. The molecule has 35 heavy (non-hydrogen) atoms. The molecule has 3 N–H and O–H groups in total. The van der Waals surface area contributed by atoms with Crippen LogP contribution in [0.2, 0.25) is 0 Å². The van der Waals surface area contributed by atoms with E-state index >= 15 is 0 Å². The Balaban J connectivity index is 1.23.